The average Bonchev–Trinajstić information content (AvgIpc) is 2.81. The van der Waals surface area contributed by atoms with E-state index in [1.54, 1.807) is 12.1 Å². The zero-order chi connectivity index (χ0) is 16.5. The fourth-order valence-electron chi connectivity index (χ4n) is 2.87. The lowest BCUT2D eigenvalue weighted by Crippen LogP contribution is -2.31. The molecule has 0 aromatic heterocycles. The number of nitrogens with one attached hydrogen (secondary N) is 1. The van der Waals surface area contributed by atoms with Crippen molar-refractivity contribution in [3.05, 3.63) is 39.9 Å². The van der Waals surface area contributed by atoms with E-state index < -0.39 is 4.92 Å². The Balaban J connectivity index is 1.63. The molecular weight excluding hydrogens is 294 g/mol. The Kier molecular flexibility index (Phi) is 7.00. The molecule has 23 heavy (non-hydrogen) atoms. The van der Waals surface area contributed by atoms with Gasteiger partial charge in [-0.1, -0.05) is 25.0 Å². The van der Waals surface area contributed by atoms with Crippen LogP contribution in [-0.4, -0.2) is 41.9 Å². The Labute approximate surface area is 137 Å². The van der Waals surface area contributed by atoms with Gasteiger partial charge in [-0.05, 0) is 44.5 Å². The predicted molar refractivity (Wildman–Crippen MR) is 89.3 cm³/mol. The third-order valence-electron chi connectivity index (χ3n) is 4.18. The highest BCUT2D eigenvalue weighted by molar-refractivity contribution is 5.78. The normalized spacial score (nSPS) is 15.8. The van der Waals surface area contributed by atoms with Crippen molar-refractivity contribution in [3.8, 4) is 0 Å². The summed E-state index contributed by atoms with van der Waals surface area (Å²) in [6.07, 6.45) is 6.47. The SMILES string of the molecule is O=C(Cc1ccc([N+](=O)[O-])cc1)NCCCN1CCCCCC1. The van der Waals surface area contributed by atoms with Crippen LogP contribution in [0.4, 0.5) is 5.69 Å². The van der Waals surface area contributed by atoms with Crippen molar-refractivity contribution in [1.29, 1.82) is 0 Å². The first-order valence-electron chi connectivity index (χ1n) is 8.37. The van der Waals surface area contributed by atoms with Gasteiger partial charge in [-0.25, -0.2) is 0 Å². The number of hydrogen-bond donors (Lipinski definition) is 1. The third kappa shape index (κ3) is 6.36. The topological polar surface area (TPSA) is 75.5 Å². The quantitative estimate of drug-likeness (QED) is 0.476. The molecule has 0 saturated carbocycles. The van der Waals surface area contributed by atoms with Gasteiger partial charge in [0, 0.05) is 18.7 Å². The third-order valence-corrected chi connectivity index (χ3v) is 4.18. The van der Waals surface area contributed by atoms with Gasteiger partial charge in [0.2, 0.25) is 5.91 Å². The number of hydrogen-bond acceptors (Lipinski definition) is 4. The predicted octanol–water partition coefficient (Wildman–Crippen LogP) is 2.52. The minimum absolute atomic E-state index is 0.0327. The summed E-state index contributed by atoms with van der Waals surface area (Å²) in [5.41, 5.74) is 0.840. The van der Waals surface area contributed by atoms with Crippen LogP contribution in [0.15, 0.2) is 24.3 Å². The maximum absolute atomic E-state index is 11.9. The lowest BCUT2D eigenvalue weighted by molar-refractivity contribution is -0.384. The second kappa shape index (κ2) is 9.25. The Morgan fingerprint density at radius 2 is 1.78 bits per heavy atom. The summed E-state index contributed by atoms with van der Waals surface area (Å²) in [4.78, 5) is 24.5. The summed E-state index contributed by atoms with van der Waals surface area (Å²) in [5.74, 6) is -0.0327. The first kappa shape index (κ1) is 17.4. The molecule has 1 amide bonds. The molecular formula is C17H25N3O3. The van der Waals surface area contributed by atoms with Crippen LogP contribution in [-0.2, 0) is 11.2 Å². The Bertz CT molecular complexity index is 508. The van der Waals surface area contributed by atoms with E-state index in [0.717, 1.165) is 18.5 Å². The standard InChI is InChI=1S/C17H25N3O3/c21-17(14-15-6-8-16(9-7-15)20(22)23)18-10-5-13-19-11-3-1-2-4-12-19/h6-9H,1-5,10-14H2,(H,18,21). The van der Waals surface area contributed by atoms with Crippen LogP contribution < -0.4 is 5.32 Å². The van der Waals surface area contributed by atoms with E-state index in [2.05, 4.69) is 10.2 Å². The molecule has 6 nitrogen and oxygen atoms in total. The van der Waals surface area contributed by atoms with E-state index in [4.69, 9.17) is 0 Å². The monoisotopic (exact) mass is 319 g/mol. The number of likely N-dealkylation sites (tertiary alicyclic amines) is 1. The van der Waals surface area contributed by atoms with Crippen LogP contribution in [0.3, 0.4) is 0 Å². The summed E-state index contributed by atoms with van der Waals surface area (Å²) in [6.45, 7) is 4.08. The number of nitrogens with zero attached hydrogens (tertiary/aromatic N) is 2. The lowest BCUT2D eigenvalue weighted by Gasteiger charge is -2.19. The molecule has 0 unspecified atom stereocenters. The number of rotatable bonds is 7. The smallest absolute Gasteiger partial charge is 0.269 e. The number of carbonyl (C=O) groups is 1. The van der Waals surface area contributed by atoms with Gasteiger partial charge in [0.05, 0.1) is 11.3 Å². The number of non-ortho nitro benzene ring substituents is 1. The summed E-state index contributed by atoms with van der Waals surface area (Å²) < 4.78 is 0. The molecule has 0 spiro atoms. The lowest BCUT2D eigenvalue weighted by atomic mass is 10.1. The van der Waals surface area contributed by atoms with E-state index in [0.29, 0.717) is 6.54 Å². The van der Waals surface area contributed by atoms with E-state index in [1.165, 1.54) is 50.9 Å². The average molecular weight is 319 g/mol. The van der Waals surface area contributed by atoms with E-state index in [-0.39, 0.29) is 18.0 Å². The van der Waals surface area contributed by atoms with Crippen LogP contribution in [0.5, 0.6) is 0 Å². The van der Waals surface area contributed by atoms with Gasteiger partial charge in [0.15, 0.2) is 0 Å². The minimum atomic E-state index is -0.438. The van der Waals surface area contributed by atoms with Crippen LogP contribution in [0.2, 0.25) is 0 Å². The van der Waals surface area contributed by atoms with Crippen molar-refractivity contribution in [1.82, 2.24) is 10.2 Å². The second-order valence-electron chi connectivity index (χ2n) is 6.06. The molecule has 2 rings (SSSR count). The maximum Gasteiger partial charge on any atom is 0.269 e. The van der Waals surface area contributed by atoms with Gasteiger partial charge in [0.25, 0.3) is 5.69 Å². The molecule has 1 heterocycles. The molecule has 1 saturated heterocycles. The van der Waals surface area contributed by atoms with Crippen LogP contribution in [0.1, 0.15) is 37.7 Å². The number of nitro benzene ring substituents is 1. The first-order valence-corrected chi connectivity index (χ1v) is 8.37. The molecule has 1 N–H and O–H groups in total. The van der Waals surface area contributed by atoms with Gasteiger partial charge in [0.1, 0.15) is 0 Å². The maximum atomic E-state index is 11.9. The largest absolute Gasteiger partial charge is 0.356 e. The van der Waals surface area contributed by atoms with Crippen LogP contribution in [0.25, 0.3) is 0 Å². The van der Waals surface area contributed by atoms with Gasteiger partial charge in [-0.15, -0.1) is 0 Å². The molecule has 1 fully saturated rings. The Morgan fingerprint density at radius 3 is 2.39 bits per heavy atom. The Morgan fingerprint density at radius 1 is 1.13 bits per heavy atom. The second-order valence-corrected chi connectivity index (χ2v) is 6.06. The fourth-order valence-corrected chi connectivity index (χ4v) is 2.87. The van der Waals surface area contributed by atoms with Gasteiger partial charge < -0.3 is 10.2 Å². The van der Waals surface area contributed by atoms with E-state index in [1.807, 2.05) is 0 Å². The molecule has 0 atom stereocenters. The Hall–Kier alpha value is -1.95. The van der Waals surface area contributed by atoms with Gasteiger partial charge in [-0.2, -0.15) is 0 Å². The summed E-state index contributed by atoms with van der Waals surface area (Å²) >= 11 is 0. The highest BCUT2D eigenvalue weighted by Gasteiger charge is 2.09. The highest BCUT2D eigenvalue weighted by atomic mass is 16.6. The molecule has 1 aliphatic heterocycles. The van der Waals surface area contributed by atoms with Crippen LogP contribution >= 0.6 is 0 Å². The van der Waals surface area contributed by atoms with Gasteiger partial charge >= 0.3 is 0 Å². The molecule has 1 aromatic rings. The fraction of sp³-hybridized carbons (Fsp3) is 0.588. The van der Waals surface area contributed by atoms with Crippen LogP contribution in [0, 0.1) is 10.1 Å². The highest BCUT2D eigenvalue weighted by Crippen LogP contribution is 2.12. The minimum Gasteiger partial charge on any atom is -0.356 e. The summed E-state index contributed by atoms with van der Waals surface area (Å²) in [5, 5.41) is 13.5. The molecule has 0 bridgehead atoms. The number of nitro groups is 1. The molecule has 1 aliphatic rings. The molecule has 0 aliphatic carbocycles. The molecule has 126 valence electrons. The molecule has 6 heteroatoms. The number of benzene rings is 1. The van der Waals surface area contributed by atoms with Gasteiger partial charge in [-0.3, -0.25) is 14.9 Å². The zero-order valence-corrected chi connectivity index (χ0v) is 13.5. The first-order chi connectivity index (χ1) is 11.1. The molecule has 0 radical (unpaired) electrons. The molecule has 1 aromatic carbocycles. The van der Waals surface area contributed by atoms with Crippen molar-refractivity contribution in [2.45, 2.75) is 38.5 Å². The van der Waals surface area contributed by atoms with E-state index in [9.17, 15) is 14.9 Å². The summed E-state index contributed by atoms with van der Waals surface area (Å²) in [7, 11) is 0. The van der Waals surface area contributed by atoms with Crippen molar-refractivity contribution < 1.29 is 9.72 Å². The van der Waals surface area contributed by atoms with E-state index >= 15 is 0 Å². The zero-order valence-electron chi connectivity index (χ0n) is 13.5. The van der Waals surface area contributed by atoms with Crippen molar-refractivity contribution in [3.63, 3.8) is 0 Å². The number of carbonyl (C=O) groups excluding carboxylic acids is 1. The van der Waals surface area contributed by atoms with Crippen molar-refractivity contribution in [2.75, 3.05) is 26.2 Å². The summed E-state index contributed by atoms with van der Waals surface area (Å²) in [6, 6.07) is 6.13. The van der Waals surface area contributed by atoms with Crippen molar-refractivity contribution >= 4 is 11.6 Å². The van der Waals surface area contributed by atoms with Crippen molar-refractivity contribution in [2.24, 2.45) is 0 Å². The number of amides is 1.